The van der Waals surface area contributed by atoms with Gasteiger partial charge in [-0.05, 0) is 50.3 Å². The SMILES string of the molecule is CC(C)(C)CC(C)(C)NC(=O)CCCN(c1ccc(Cl)cc1Cl)S(C)(=O)=O. The molecule has 1 aromatic carbocycles. The van der Waals surface area contributed by atoms with Crippen LogP contribution in [-0.4, -0.2) is 32.7 Å². The second-order valence-electron chi connectivity index (χ2n) is 8.70. The van der Waals surface area contributed by atoms with Crippen molar-refractivity contribution in [1.82, 2.24) is 5.32 Å². The van der Waals surface area contributed by atoms with Crippen molar-refractivity contribution < 1.29 is 13.2 Å². The van der Waals surface area contributed by atoms with E-state index in [1.54, 1.807) is 12.1 Å². The molecule has 0 radical (unpaired) electrons. The van der Waals surface area contributed by atoms with E-state index >= 15 is 0 Å². The number of carbonyl (C=O) groups is 1. The number of anilines is 1. The summed E-state index contributed by atoms with van der Waals surface area (Å²) >= 11 is 12.0. The van der Waals surface area contributed by atoms with Crippen LogP contribution in [0.5, 0.6) is 0 Å². The molecule has 0 saturated heterocycles. The molecule has 0 spiro atoms. The molecule has 27 heavy (non-hydrogen) atoms. The van der Waals surface area contributed by atoms with Crippen molar-refractivity contribution in [1.29, 1.82) is 0 Å². The minimum atomic E-state index is -3.54. The Balaban J connectivity index is 2.74. The Kier molecular flexibility index (Phi) is 8.03. The van der Waals surface area contributed by atoms with Crippen LogP contribution in [0, 0.1) is 5.41 Å². The maximum Gasteiger partial charge on any atom is 0.232 e. The van der Waals surface area contributed by atoms with Crippen LogP contribution >= 0.6 is 23.2 Å². The maximum atomic E-state index is 12.3. The van der Waals surface area contributed by atoms with E-state index in [0.29, 0.717) is 17.1 Å². The zero-order chi connectivity index (χ0) is 21.0. The molecule has 0 fully saturated rings. The van der Waals surface area contributed by atoms with Gasteiger partial charge < -0.3 is 5.32 Å². The van der Waals surface area contributed by atoms with E-state index in [9.17, 15) is 13.2 Å². The molecule has 1 N–H and O–H groups in total. The molecule has 0 bridgehead atoms. The lowest BCUT2D eigenvalue weighted by Gasteiger charge is -2.33. The smallest absolute Gasteiger partial charge is 0.232 e. The number of sulfonamides is 1. The Morgan fingerprint density at radius 3 is 2.22 bits per heavy atom. The van der Waals surface area contributed by atoms with Crippen molar-refractivity contribution in [2.75, 3.05) is 17.1 Å². The van der Waals surface area contributed by atoms with E-state index in [1.165, 1.54) is 10.4 Å². The summed E-state index contributed by atoms with van der Waals surface area (Å²) in [6.45, 7) is 10.5. The number of nitrogens with one attached hydrogen (secondary N) is 1. The van der Waals surface area contributed by atoms with Gasteiger partial charge in [0, 0.05) is 23.5 Å². The monoisotopic (exact) mass is 436 g/mol. The third-order valence-corrected chi connectivity index (χ3v) is 5.51. The standard InChI is InChI=1S/C19H30Cl2N2O3S/c1-18(2,3)13-19(4,5)22-17(24)8-7-11-23(27(6,25)26)16-10-9-14(20)12-15(16)21/h9-10,12H,7-8,11,13H2,1-6H3,(H,22,24). The van der Waals surface area contributed by atoms with Crippen LogP contribution < -0.4 is 9.62 Å². The number of nitrogens with zero attached hydrogens (tertiary/aromatic N) is 1. The van der Waals surface area contributed by atoms with Crippen molar-refractivity contribution in [3.63, 3.8) is 0 Å². The molecule has 8 heteroatoms. The van der Waals surface area contributed by atoms with Crippen LogP contribution in [0.25, 0.3) is 0 Å². The fourth-order valence-electron chi connectivity index (χ4n) is 3.34. The van der Waals surface area contributed by atoms with Crippen LogP contribution in [0.4, 0.5) is 5.69 Å². The summed E-state index contributed by atoms with van der Waals surface area (Å²) in [5.41, 5.74) is 0.123. The number of amides is 1. The Bertz CT molecular complexity index is 772. The van der Waals surface area contributed by atoms with Gasteiger partial charge in [0.25, 0.3) is 0 Å². The molecule has 0 aliphatic rings. The van der Waals surface area contributed by atoms with Crippen molar-refractivity contribution in [3.05, 3.63) is 28.2 Å². The van der Waals surface area contributed by atoms with Crippen molar-refractivity contribution in [3.8, 4) is 0 Å². The highest BCUT2D eigenvalue weighted by molar-refractivity contribution is 7.92. The van der Waals surface area contributed by atoms with E-state index in [2.05, 4.69) is 26.1 Å². The van der Waals surface area contributed by atoms with Gasteiger partial charge in [0.1, 0.15) is 0 Å². The first-order valence-electron chi connectivity index (χ1n) is 8.84. The second kappa shape index (κ2) is 9.01. The average molecular weight is 437 g/mol. The Morgan fingerprint density at radius 1 is 1.15 bits per heavy atom. The Labute approximate surface area is 173 Å². The normalized spacial score (nSPS) is 12.7. The number of rotatable bonds is 8. The highest BCUT2D eigenvalue weighted by atomic mass is 35.5. The molecule has 0 atom stereocenters. The molecule has 1 rings (SSSR count). The third-order valence-electron chi connectivity index (χ3n) is 3.79. The number of carbonyl (C=O) groups excluding carboxylic acids is 1. The summed E-state index contributed by atoms with van der Waals surface area (Å²) < 4.78 is 25.5. The molecule has 1 amide bonds. The second-order valence-corrected chi connectivity index (χ2v) is 11.5. The zero-order valence-electron chi connectivity index (χ0n) is 16.9. The highest BCUT2D eigenvalue weighted by Gasteiger charge is 2.27. The molecule has 5 nitrogen and oxygen atoms in total. The highest BCUT2D eigenvalue weighted by Crippen LogP contribution is 2.31. The molecule has 0 aliphatic carbocycles. The fourth-order valence-corrected chi connectivity index (χ4v) is 4.88. The summed E-state index contributed by atoms with van der Waals surface area (Å²) in [7, 11) is -3.54. The van der Waals surface area contributed by atoms with Crippen LogP contribution in [0.2, 0.25) is 10.0 Å². The van der Waals surface area contributed by atoms with Crippen LogP contribution in [0.15, 0.2) is 18.2 Å². The summed E-state index contributed by atoms with van der Waals surface area (Å²) in [5, 5.41) is 3.72. The summed E-state index contributed by atoms with van der Waals surface area (Å²) in [6.07, 6.45) is 2.56. The molecule has 0 saturated carbocycles. The molecule has 1 aromatic rings. The molecular formula is C19H30Cl2N2O3S. The van der Waals surface area contributed by atoms with E-state index in [-0.39, 0.29) is 34.8 Å². The third kappa shape index (κ3) is 8.71. The number of halogens is 2. The minimum absolute atomic E-state index is 0.0925. The molecule has 154 valence electrons. The molecule has 0 aliphatic heterocycles. The molecular weight excluding hydrogens is 407 g/mol. The maximum absolute atomic E-state index is 12.3. The van der Waals surface area contributed by atoms with Gasteiger partial charge in [-0.25, -0.2) is 8.42 Å². The van der Waals surface area contributed by atoms with Gasteiger partial charge in [-0.3, -0.25) is 9.10 Å². The van der Waals surface area contributed by atoms with Gasteiger partial charge in [0.15, 0.2) is 0 Å². The fraction of sp³-hybridized carbons (Fsp3) is 0.632. The molecule has 0 unspecified atom stereocenters. The Hall–Kier alpha value is -0.980. The quantitative estimate of drug-likeness (QED) is 0.631. The summed E-state index contributed by atoms with van der Waals surface area (Å²) in [6, 6.07) is 4.65. The van der Waals surface area contributed by atoms with Crippen molar-refractivity contribution >= 4 is 44.8 Å². The van der Waals surface area contributed by atoms with Gasteiger partial charge in [0.2, 0.25) is 15.9 Å². The lowest BCUT2D eigenvalue weighted by Crippen LogP contribution is -2.46. The van der Waals surface area contributed by atoms with E-state index < -0.39 is 10.0 Å². The average Bonchev–Trinajstić information content (AvgIpc) is 2.40. The van der Waals surface area contributed by atoms with Crippen LogP contribution in [-0.2, 0) is 14.8 Å². The first-order valence-corrected chi connectivity index (χ1v) is 11.4. The summed E-state index contributed by atoms with van der Waals surface area (Å²) in [4.78, 5) is 12.3. The lowest BCUT2D eigenvalue weighted by molar-refractivity contribution is -0.123. The van der Waals surface area contributed by atoms with E-state index in [4.69, 9.17) is 23.2 Å². The topological polar surface area (TPSA) is 66.5 Å². The van der Waals surface area contributed by atoms with E-state index in [0.717, 1.165) is 12.7 Å². The lowest BCUT2D eigenvalue weighted by atomic mass is 9.82. The number of hydrogen-bond acceptors (Lipinski definition) is 3. The van der Waals surface area contributed by atoms with Gasteiger partial charge in [-0.2, -0.15) is 0 Å². The van der Waals surface area contributed by atoms with Crippen LogP contribution in [0.3, 0.4) is 0 Å². The van der Waals surface area contributed by atoms with Gasteiger partial charge in [0.05, 0.1) is 17.0 Å². The zero-order valence-corrected chi connectivity index (χ0v) is 19.2. The Morgan fingerprint density at radius 2 is 1.74 bits per heavy atom. The van der Waals surface area contributed by atoms with Crippen molar-refractivity contribution in [2.24, 2.45) is 5.41 Å². The van der Waals surface area contributed by atoms with Crippen LogP contribution in [0.1, 0.15) is 53.9 Å². The number of benzene rings is 1. The first kappa shape index (κ1) is 24.1. The van der Waals surface area contributed by atoms with Gasteiger partial charge in [-0.1, -0.05) is 44.0 Å². The van der Waals surface area contributed by atoms with Crippen molar-refractivity contribution in [2.45, 2.75) is 59.4 Å². The predicted octanol–water partition coefficient (Wildman–Crippen LogP) is 4.87. The first-order chi connectivity index (χ1) is 12.1. The number of hydrogen-bond donors (Lipinski definition) is 1. The van der Waals surface area contributed by atoms with Gasteiger partial charge >= 0.3 is 0 Å². The largest absolute Gasteiger partial charge is 0.351 e. The summed E-state index contributed by atoms with van der Waals surface area (Å²) in [5.74, 6) is -0.0973. The molecule has 0 aromatic heterocycles. The van der Waals surface area contributed by atoms with Gasteiger partial charge in [-0.15, -0.1) is 0 Å². The molecule has 0 heterocycles. The minimum Gasteiger partial charge on any atom is -0.351 e. The predicted molar refractivity (Wildman–Crippen MR) is 114 cm³/mol. The van der Waals surface area contributed by atoms with E-state index in [1.807, 2.05) is 13.8 Å².